The van der Waals surface area contributed by atoms with Crippen molar-refractivity contribution in [2.45, 2.75) is 198 Å². The number of aliphatic hydroxyl groups excluding tert-OH is 2. The number of aliphatic imine (C=N–C) groups is 4. The average Bonchev–Trinajstić information content (AvgIpc) is 1.32. The lowest BCUT2D eigenvalue weighted by Gasteiger charge is -2.29. The Hall–Kier alpha value is -12.8. The highest BCUT2D eigenvalue weighted by atomic mass is 16.5. The van der Waals surface area contributed by atoms with Gasteiger partial charge in [-0.2, -0.15) is 0 Å². The molecule has 1 aliphatic heterocycles. The van der Waals surface area contributed by atoms with Crippen molar-refractivity contribution in [2.75, 3.05) is 67.7 Å². The summed E-state index contributed by atoms with van der Waals surface area (Å²) < 4.78 is 21.0. The highest BCUT2D eigenvalue weighted by molar-refractivity contribution is 6.00. The van der Waals surface area contributed by atoms with Crippen molar-refractivity contribution in [3.63, 3.8) is 0 Å². The molecule has 0 spiro atoms. The second-order valence-corrected chi connectivity index (χ2v) is 30.8. The predicted molar refractivity (Wildman–Crippen MR) is 468 cm³/mol. The number of nitrogens with two attached hydrogens (primary N) is 1. The molecule has 0 saturated carbocycles. The topological polar surface area (TPSA) is 554 Å². The Morgan fingerprint density at radius 2 is 0.912 bits per heavy atom. The van der Waals surface area contributed by atoms with Crippen molar-refractivity contribution in [3.05, 3.63) is 131 Å². The maximum absolute atomic E-state index is 15.4. The highest BCUT2D eigenvalue weighted by Gasteiger charge is 2.38. The molecule has 13 atom stereocenters. The van der Waals surface area contributed by atoms with Crippen LogP contribution in [0.5, 0.6) is 46.0 Å². The van der Waals surface area contributed by atoms with Crippen LogP contribution in [0, 0.1) is 11.8 Å². The number of phenolic OH excluding ortho intramolecular Hbond substituents is 4. The first kappa shape index (κ1) is 101. The van der Waals surface area contributed by atoms with Crippen LogP contribution in [0.15, 0.2) is 123 Å². The molecule has 0 aliphatic carbocycles. The number of carbonyl (C=O) groups is 11. The number of unbranched alkanes of at least 4 members (excludes halogenated alkanes) is 1. The number of nitrogens with zero attached hydrogens (tertiary/aromatic N) is 4. The van der Waals surface area contributed by atoms with Crippen LogP contribution in [0.2, 0.25) is 0 Å². The normalized spacial score (nSPS) is 19.4. The van der Waals surface area contributed by atoms with E-state index in [-0.39, 0.29) is 136 Å². The lowest BCUT2D eigenvalue weighted by Crippen LogP contribution is -2.62. The largest absolute Gasteiger partial charge is 0.504 e. The van der Waals surface area contributed by atoms with Gasteiger partial charge >= 0.3 is 0 Å². The number of aliphatic hydroxyl groups is 2. The lowest BCUT2D eigenvalue weighted by atomic mass is 10.00. The molecule has 1 fully saturated rings. The molecule has 37 heteroatoms. The molecule has 0 aromatic heterocycles. The minimum Gasteiger partial charge on any atom is -0.504 e. The van der Waals surface area contributed by atoms with Crippen molar-refractivity contribution >= 4 is 89.8 Å². The van der Waals surface area contributed by atoms with Crippen LogP contribution < -0.4 is 83.2 Å². The van der Waals surface area contributed by atoms with Crippen LogP contribution in [-0.2, 0) is 59.2 Å². The molecule has 5 aromatic rings. The number of hydrogen-bond donors (Lipinski definition) is 18. The number of benzene rings is 5. The zero-order valence-electron chi connectivity index (χ0n) is 72.3. The third-order valence-electron chi connectivity index (χ3n) is 20.4. The van der Waals surface area contributed by atoms with Crippen LogP contribution in [0.4, 0.5) is 0 Å². The first-order chi connectivity index (χ1) is 59.8. The predicted octanol–water partition coefficient (Wildman–Crippen LogP) is 2.25. The van der Waals surface area contributed by atoms with E-state index in [0.29, 0.717) is 40.2 Å². The van der Waals surface area contributed by atoms with E-state index >= 15 is 28.8 Å². The molecule has 5 aromatic carbocycles. The van der Waals surface area contributed by atoms with E-state index in [9.17, 15) is 54.6 Å². The smallest absolute Gasteiger partial charge is 0.245 e. The van der Waals surface area contributed by atoms with Crippen LogP contribution in [0.25, 0.3) is 0 Å². The SMILES string of the molecule is CCC(C)CCCCC(=O)N[C@@H](CCN=Cc1ccc(O)c(OC)c1)C(=O)N[C@@H](C(=O)N[C@@H](CCN)C(=O)N[C@H]1CCNC(=O)[C@@H]([C@@H](C)O)NC(=O)[C@H](CCN=Cc2ccc(O)c(OC)c2)NC(=O)[C@H](CCN=Cc2ccc(O)c(OC)c2)NC(=O)[C@H](CC(C)C)NC(=O)[C@@H](Cc2ccccc2)NC(=O)[C@H](CCN=Cc2ccc(O)c(OC)c2)NC1=O)[C@@H](C)O. The molecule has 19 N–H and O–H groups in total. The number of carbonyl (C=O) groups excluding carboxylic acids is 11. The summed E-state index contributed by atoms with van der Waals surface area (Å²) in [6, 6.07) is 9.74. The van der Waals surface area contributed by atoms with Gasteiger partial charge < -0.3 is 114 Å². The second kappa shape index (κ2) is 52.6. The van der Waals surface area contributed by atoms with Crippen molar-refractivity contribution in [1.29, 1.82) is 0 Å². The van der Waals surface area contributed by atoms with Gasteiger partial charge in [0.05, 0.1) is 40.6 Å². The zero-order chi connectivity index (χ0) is 91.7. The fourth-order valence-electron chi connectivity index (χ4n) is 13.0. The first-order valence-electron chi connectivity index (χ1n) is 41.7. The summed E-state index contributed by atoms with van der Waals surface area (Å²) in [7, 11) is 5.43. The van der Waals surface area contributed by atoms with Gasteiger partial charge in [-0.05, 0) is 184 Å². The summed E-state index contributed by atoms with van der Waals surface area (Å²) >= 11 is 0. The quantitative estimate of drug-likeness (QED) is 0.0197. The zero-order valence-corrected chi connectivity index (χ0v) is 72.3. The van der Waals surface area contributed by atoms with Crippen molar-refractivity contribution in [3.8, 4) is 46.0 Å². The third-order valence-corrected chi connectivity index (χ3v) is 20.4. The van der Waals surface area contributed by atoms with E-state index in [1.54, 1.807) is 56.3 Å². The molecule has 0 bridgehead atoms. The van der Waals surface area contributed by atoms with Gasteiger partial charge in [-0.1, -0.05) is 77.3 Å². The Kier molecular flexibility index (Phi) is 42.5. The van der Waals surface area contributed by atoms with Crippen molar-refractivity contribution in [2.24, 2.45) is 37.5 Å². The maximum atomic E-state index is 15.4. The molecule has 0 radical (unpaired) electrons. The van der Waals surface area contributed by atoms with E-state index in [1.165, 1.54) is 128 Å². The molecule has 680 valence electrons. The van der Waals surface area contributed by atoms with Gasteiger partial charge in [0.1, 0.15) is 60.4 Å². The van der Waals surface area contributed by atoms with Gasteiger partial charge in [0.2, 0.25) is 65.0 Å². The molecular weight excluding hydrogens is 1620 g/mol. The first-order valence-corrected chi connectivity index (χ1v) is 41.7. The molecule has 1 heterocycles. The number of methoxy groups -OCH3 is 4. The summed E-state index contributed by atoms with van der Waals surface area (Å²) in [5, 5.41) is 92.8. The van der Waals surface area contributed by atoms with Crippen molar-refractivity contribution < 1.29 is 102 Å². The molecule has 1 unspecified atom stereocenters. The monoisotopic (exact) mass is 1740 g/mol. The Labute approximate surface area is 727 Å². The van der Waals surface area contributed by atoms with E-state index < -0.39 is 151 Å². The number of nitrogens with one attached hydrogen (secondary N) is 11. The lowest BCUT2D eigenvalue weighted by molar-refractivity contribution is -0.137. The molecule has 37 nitrogen and oxygen atoms in total. The molecular formula is C88H122N16O21. The Bertz CT molecular complexity index is 4530. The summed E-state index contributed by atoms with van der Waals surface area (Å²) in [6.45, 7) is 8.49. The average molecular weight is 1740 g/mol. The van der Waals surface area contributed by atoms with Crippen molar-refractivity contribution in [1.82, 2.24) is 58.5 Å². The number of ether oxygens (including phenoxy) is 4. The Morgan fingerprint density at radius 3 is 1.35 bits per heavy atom. The highest BCUT2D eigenvalue weighted by Crippen LogP contribution is 2.29. The Morgan fingerprint density at radius 1 is 0.488 bits per heavy atom. The van der Waals surface area contributed by atoms with Gasteiger partial charge in [0.25, 0.3) is 0 Å². The maximum Gasteiger partial charge on any atom is 0.245 e. The number of rotatable bonds is 41. The summed E-state index contributed by atoms with van der Waals surface area (Å²) in [4.78, 5) is 181. The van der Waals surface area contributed by atoms with Crippen LogP contribution in [0.3, 0.4) is 0 Å². The number of hydrogen-bond acceptors (Lipinski definition) is 26. The summed E-state index contributed by atoms with van der Waals surface area (Å²) in [5.41, 5.74) is 8.53. The van der Waals surface area contributed by atoms with Gasteiger partial charge in [0.15, 0.2) is 46.0 Å². The van der Waals surface area contributed by atoms with E-state index in [1.807, 2.05) is 0 Å². The van der Waals surface area contributed by atoms with Gasteiger partial charge in [0, 0.05) is 70.4 Å². The van der Waals surface area contributed by atoms with E-state index in [0.717, 1.165) is 19.3 Å². The van der Waals surface area contributed by atoms with Crippen LogP contribution in [-0.4, -0.2) is 261 Å². The number of phenols is 4. The molecule has 125 heavy (non-hydrogen) atoms. The third kappa shape index (κ3) is 34.1. The minimum atomic E-state index is -1.85. The Balaban J connectivity index is 1.42. The molecule has 11 amide bonds. The number of amides is 11. The van der Waals surface area contributed by atoms with Gasteiger partial charge in [-0.3, -0.25) is 72.7 Å². The van der Waals surface area contributed by atoms with E-state index in [2.05, 4.69) is 92.3 Å². The molecule has 1 saturated heterocycles. The standard InChI is InChI=1S/C88H122N16O21/c1-11-52(4)17-15-16-20-76(111)95-61(30-36-90-47-56-21-25-68(107)72(43-56)122-7)83(116)104-78(54(6)106)88(121)100-60(29-35-89)79(112)98-65-34-40-94-87(120)77(53(5)105)103-84(117)64(33-39-93-50-59-24-28-71(110)75(46-59)125-10)97-80(113)62(31-37-91-48-57-22-26-69(108)73(44-57)123-8)99-85(118)66(41-51(2)3)101-86(119)67(42-55-18-13-12-14-19-55)102-82(115)63(96-81(65)114)32-38-92-49-58-23-27-70(109)74(45-58)124-9/h12-14,18-19,21-28,43-54,60-67,77-78,105-110H,11,15-17,20,29-42,89H2,1-10H3,(H,94,120)(H,95,111)(H,96,114)(H,97,113)(H,98,112)(H,99,118)(H,100,121)(H,101,119)(H,102,115)(H,103,117)(H,104,116)/t52?,53-,54-,60+,61+,62+,63+,64+,65+,66+,67-,77-,78-/m1/s1. The number of aromatic hydroxyl groups is 4. The van der Waals surface area contributed by atoms with Gasteiger partial charge in [-0.15, -0.1) is 0 Å². The fraction of sp³-hybridized carbons (Fsp3) is 0.489. The van der Waals surface area contributed by atoms with Crippen LogP contribution >= 0.6 is 0 Å². The molecule has 1 aliphatic rings. The van der Waals surface area contributed by atoms with Crippen LogP contribution in [0.1, 0.15) is 146 Å². The van der Waals surface area contributed by atoms with E-state index in [4.69, 9.17) is 24.7 Å². The minimum absolute atomic E-state index is 0.0549. The fourth-order valence-corrected chi connectivity index (χ4v) is 13.0. The van der Waals surface area contributed by atoms with Gasteiger partial charge in [-0.25, -0.2) is 0 Å². The summed E-state index contributed by atoms with van der Waals surface area (Å²) in [5.74, 6) is -10.6. The second-order valence-electron chi connectivity index (χ2n) is 30.8. The summed E-state index contributed by atoms with van der Waals surface area (Å²) in [6.07, 6.45) is 3.13. The molecule has 6 rings (SSSR count).